The van der Waals surface area contributed by atoms with Crippen LogP contribution in [0, 0.1) is 5.82 Å². The third-order valence-electron chi connectivity index (χ3n) is 5.09. The van der Waals surface area contributed by atoms with Crippen molar-refractivity contribution in [2.45, 2.75) is 51.0 Å². The number of rotatable bonds is 6. The molecule has 0 saturated carbocycles. The molecule has 2 N–H and O–H groups in total. The number of carbonyl (C=O) groups excluding carboxylic acids is 2. The maximum Gasteiger partial charge on any atom is 0.318 e. The molecule has 2 aromatic rings. The first-order valence-corrected chi connectivity index (χ1v) is 12.4. The van der Waals surface area contributed by atoms with Crippen LogP contribution in [0.3, 0.4) is 0 Å². The minimum atomic E-state index is -0.316. The Kier molecular flexibility index (Phi) is 8.59. The van der Waals surface area contributed by atoms with Gasteiger partial charge >= 0.3 is 6.03 Å². The lowest BCUT2D eigenvalue weighted by atomic mass is 10.1. The van der Waals surface area contributed by atoms with Crippen molar-refractivity contribution < 1.29 is 14.0 Å². The monoisotopic (exact) mass is 508 g/mol. The smallest absolute Gasteiger partial charge is 0.318 e. The average Bonchev–Trinajstić information content (AvgIpc) is 2.75. The quantitative estimate of drug-likeness (QED) is 0.351. The lowest BCUT2D eigenvalue weighted by molar-refractivity contribution is -0.118. The summed E-state index contributed by atoms with van der Waals surface area (Å²) in [6, 6.07) is 7.56. The van der Waals surface area contributed by atoms with E-state index >= 15 is 0 Å². The van der Waals surface area contributed by atoms with Gasteiger partial charge in [-0.05, 0) is 45.4 Å². The van der Waals surface area contributed by atoms with E-state index in [-0.39, 0.29) is 35.1 Å². The Labute approximate surface area is 208 Å². The van der Waals surface area contributed by atoms with E-state index in [0.29, 0.717) is 42.3 Å². The maximum atomic E-state index is 13.0. The van der Waals surface area contributed by atoms with E-state index in [1.54, 1.807) is 18.2 Å². The Morgan fingerprint density at radius 1 is 1.21 bits per heavy atom. The highest BCUT2D eigenvalue weighted by Crippen LogP contribution is 2.24. The molecule has 34 heavy (non-hydrogen) atoms. The predicted molar refractivity (Wildman–Crippen MR) is 133 cm³/mol. The van der Waals surface area contributed by atoms with Crippen LogP contribution in [0.4, 0.5) is 15.0 Å². The van der Waals surface area contributed by atoms with Gasteiger partial charge in [-0.3, -0.25) is 4.79 Å². The molecule has 1 aromatic heterocycles. The van der Waals surface area contributed by atoms with Gasteiger partial charge in [-0.15, -0.1) is 0 Å². The highest BCUT2D eigenvalue weighted by Gasteiger charge is 2.30. The zero-order chi connectivity index (χ0) is 24.9. The molecule has 184 valence electrons. The van der Waals surface area contributed by atoms with E-state index in [0.717, 1.165) is 5.56 Å². The number of benzene rings is 1. The van der Waals surface area contributed by atoms with Gasteiger partial charge in [-0.25, -0.2) is 19.2 Å². The zero-order valence-electron chi connectivity index (χ0n) is 19.8. The number of anilines is 1. The number of carbonyl (C=O) groups is 2. The number of piperazine rings is 1. The van der Waals surface area contributed by atoms with Crippen LogP contribution in [0.2, 0.25) is 5.15 Å². The Balaban J connectivity index is 1.55. The van der Waals surface area contributed by atoms with Crippen LogP contribution in [0.5, 0.6) is 0 Å². The molecule has 0 radical (unpaired) electrons. The molecule has 3 rings (SSSR count). The second-order valence-electron chi connectivity index (χ2n) is 9.19. The van der Waals surface area contributed by atoms with Crippen LogP contribution in [-0.4, -0.2) is 63.8 Å². The largest absolute Gasteiger partial charge is 0.353 e. The minimum absolute atomic E-state index is 0.0156. The molecule has 0 unspecified atom stereocenters. The molecule has 1 atom stereocenters. The molecule has 1 saturated heterocycles. The predicted octanol–water partition coefficient (Wildman–Crippen LogP) is 3.70. The number of amides is 3. The summed E-state index contributed by atoms with van der Waals surface area (Å²) >= 11 is 7.42. The van der Waals surface area contributed by atoms with Gasteiger partial charge < -0.3 is 20.4 Å². The molecule has 8 nitrogen and oxygen atoms in total. The van der Waals surface area contributed by atoms with E-state index in [1.165, 1.54) is 23.9 Å². The van der Waals surface area contributed by atoms with E-state index in [4.69, 9.17) is 11.6 Å². The van der Waals surface area contributed by atoms with Crippen LogP contribution in [0.1, 0.15) is 33.3 Å². The Hall–Kier alpha value is -2.59. The lowest BCUT2D eigenvalue weighted by Crippen LogP contribution is -2.59. The number of nitrogens with one attached hydrogen (secondary N) is 2. The third-order valence-corrected chi connectivity index (χ3v) is 6.13. The first-order chi connectivity index (χ1) is 16.0. The zero-order valence-corrected chi connectivity index (χ0v) is 21.3. The van der Waals surface area contributed by atoms with Gasteiger partial charge in [0.25, 0.3) is 0 Å². The van der Waals surface area contributed by atoms with Gasteiger partial charge in [-0.2, -0.15) is 0 Å². The fraction of sp³-hybridized carbons (Fsp3) is 0.478. The molecule has 0 aliphatic carbocycles. The highest BCUT2D eigenvalue weighted by molar-refractivity contribution is 7.99. The average molecular weight is 509 g/mol. The number of halogens is 2. The summed E-state index contributed by atoms with van der Waals surface area (Å²) in [6.45, 7) is 9.94. The summed E-state index contributed by atoms with van der Waals surface area (Å²) in [7, 11) is 0. The van der Waals surface area contributed by atoms with Crippen molar-refractivity contribution in [1.29, 1.82) is 0 Å². The van der Waals surface area contributed by atoms with Gasteiger partial charge in [-0.1, -0.05) is 35.5 Å². The van der Waals surface area contributed by atoms with Gasteiger partial charge in [0.1, 0.15) is 16.8 Å². The summed E-state index contributed by atoms with van der Waals surface area (Å²) in [5, 5.41) is 6.49. The Bertz CT molecular complexity index is 1020. The molecule has 11 heteroatoms. The summed E-state index contributed by atoms with van der Waals surface area (Å²) < 4.78 is 13.0. The highest BCUT2D eigenvalue weighted by atomic mass is 35.5. The lowest BCUT2D eigenvalue weighted by Gasteiger charge is -2.41. The first kappa shape index (κ1) is 26.0. The van der Waals surface area contributed by atoms with Crippen LogP contribution < -0.4 is 15.5 Å². The summed E-state index contributed by atoms with van der Waals surface area (Å²) in [6.07, 6.45) is 0. The second kappa shape index (κ2) is 11.2. The van der Waals surface area contributed by atoms with Crippen molar-refractivity contribution in [3.63, 3.8) is 0 Å². The van der Waals surface area contributed by atoms with Crippen molar-refractivity contribution in [1.82, 2.24) is 25.5 Å². The number of hydrogen-bond donors (Lipinski definition) is 2. The summed E-state index contributed by atoms with van der Waals surface area (Å²) in [5.41, 5.74) is 0.511. The molecular weight excluding hydrogens is 479 g/mol. The van der Waals surface area contributed by atoms with Gasteiger partial charge in [0.15, 0.2) is 5.16 Å². The Morgan fingerprint density at radius 3 is 2.56 bits per heavy atom. The maximum absolute atomic E-state index is 13.0. The van der Waals surface area contributed by atoms with Crippen molar-refractivity contribution in [3.8, 4) is 0 Å². The molecule has 1 aliphatic heterocycles. The molecule has 0 spiro atoms. The van der Waals surface area contributed by atoms with E-state index in [2.05, 4.69) is 25.5 Å². The molecule has 2 heterocycles. The summed E-state index contributed by atoms with van der Waals surface area (Å²) in [4.78, 5) is 37.5. The fourth-order valence-electron chi connectivity index (χ4n) is 3.46. The van der Waals surface area contributed by atoms with Crippen molar-refractivity contribution in [2.75, 3.05) is 30.3 Å². The van der Waals surface area contributed by atoms with Gasteiger partial charge in [0.05, 0.1) is 5.75 Å². The number of thioether (sulfide) groups is 1. The van der Waals surface area contributed by atoms with Crippen molar-refractivity contribution in [3.05, 3.63) is 46.9 Å². The van der Waals surface area contributed by atoms with Crippen LogP contribution in [0.25, 0.3) is 0 Å². The molecule has 0 bridgehead atoms. The third kappa shape index (κ3) is 7.73. The van der Waals surface area contributed by atoms with E-state index < -0.39 is 0 Å². The topological polar surface area (TPSA) is 90.5 Å². The number of nitrogens with zero attached hydrogens (tertiary/aromatic N) is 4. The van der Waals surface area contributed by atoms with Crippen LogP contribution >= 0.6 is 23.4 Å². The van der Waals surface area contributed by atoms with Gasteiger partial charge in [0, 0.05) is 43.8 Å². The SMILES string of the molecule is C[C@H]1CN(c2cc(Cl)nc(SCC(=O)NCc3ccc(F)cc3)n2)CCN1C(=O)NC(C)(C)C. The molecule has 1 aliphatic rings. The first-order valence-electron chi connectivity index (χ1n) is 11.0. The number of hydrogen-bond acceptors (Lipinski definition) is 6. The Morgan fingerprint density at radius 2 is 1.91 bits per heavy atom. The molecule has 1 aromatic carbocycles. The number of urea groups is 1. The van der Waals surface area contributed by atoms with Crippen LogP contribution in [0.15, 0.2) is 35.5 Å². The molecular formula is C23H30ClFN6O2S. The fourth-order valence-corrected chi connectivity index (χ4v) is 4.37. The van der Waals surface area contributed by atoms with Crippen molar-refractivity contribution in [2.24, 2.45) is 0 Å². The van der Waals surface area contributed by atoms with Crippen LogP contribution in [-0.2, 0) is 11.3 Å². The van der Waals surface area contributed by atoms with E-state index in [1.807, 2.05) is 32.6 Å². The summed E-state index contributed by atoms with van der Waals surface area (Å²) in [5.74, 6) is 0.282. The molecule has 3 amide bonds. The van der Waals surface area contributed by atoms with Crippen molar-refractivity contribution >= 4 is 41.1 Å². The standard InChI is InChI=1S/C23H30ClFN6O2S/c1-15-13-30(9-10-31(15)22(33)29-23(2,3)4)19-11-18(24)27-21(28-19)34-14-20(32)26-12-16-5-7-17(25)8-6-16/h5-8,11,15H,9-10,12-14H2,1-4H3,(H,26,32)(H,29,33)/t15-/m0/s1. The number of aromatic nitrogens is 2. The van der Waals surface area contributed by atoms with E-state index in [9.17, 15) is 14.0 Å². The molecule has 1 fully saturated rings. The normalized spacial score (nSPS) is 16.4. The second-order valence-corrected chi connectivity index (χ2v) is 10.5. The van der Waals surface area contributed by atoms with Gasteiger partial charge in [0.2, 0.25) is 5.91 Å². The minimum Gasteiger partial charge on any atom is -0.353 e.